The summed E-state index contributed by atoms with van der Waals surface area (Å²) < 4.78 is 14.3. The van der Waals surface area contributed by atoms with Crippen molar-refractivity contribution in [3.05, 3.63) is 41.6 Å². The predicted octanol–water partition coefficient (Wildman–Crippen LogP) is 4.21. The monoisotopic (exact) mass is 400 g/mol. The number of esters is 1. The minimum atomic E-state index is -0.687. The second-order valence-corrected chi connectivity index (χ2v) is 5.53. The Hall–Kier alpha value is -1.93. The van der Waals surface area contributed by atoms with Gasteiger partial charge in [0, 0.05) is 0 Å². The molecule has 0 aliphatic rings. The highest BCUT2D eigenvalue weighted by molar-refractivity contribution is 8.93. The molecule has 124 valence electrons. The number of carbonyl (C=O) groups is 2. The number of aromatic nitrogens is 1. The molecule has 8 heteroatoms. The third kappa shape index (κ3) is 5.33. The quantitative estimate of drug-likeness (QED) is 0.777. The summed E-state index contributed by atoms with van der Waals surface area (Å²) in [6.07, 6.45) is -0.940. The van der Waals surface area contributed by atoms with Crippen molar-refractivity contribution < 1.29 is 19.1 Å². The van der Waals surface area contributed by atoms with Crippen molar-refractivity contribution in [1.29, 1.82) is 0 Å². The average Bonchev–Trinajstić information content (AvgIpc) is 2.80. The first kappa shape index (κ1) is 19.1. The summed E-state index contributed by atoms with van der Waals surface area (Å²) in [5.74, 6) is -0.108. The highest BCUT2D eigenvalue weighted by Gasteiger charge is 2.22. The van der Waals surface area contributed by atoms with Crippen LogP contribution in [-0.2, 0) is 4.74 Å². The first-order valence-electron chi connectivity index (χ1n) is 6.68. The largest absolute Gasteiger partial charge is 0.459 e. The number of rotatable bonds is 4. The molecule has 0 bridgehead atoms. The van der Waals surface area contributed by atoms with E-state index in [2.05, 4.69) is 9.69 Å². The Bertz CT molecular complexity index is 673. The van der Waals surface area contributed by atoms with E-state index in [0.717, 1.165) is 11.5 Å². The van der Waals surface area contributed by atoms with Crippen molar-refractivity contribution in [2.24, 2.45) is 0 Å². The lowest BCUT2D eigenvalue weighted by atomic mass is 10.2. The second-order valence-electron chi connectivity index (χ2n) is 4.75. The molecule has 1 amide bonds. The number of amides is 1. The number of nitrogens with zero attached hydrogens (tertiary/aromatic N) is 1. The van der Waals surface area contributed by atoms with Crippen LogP contribution in [0.2, 0.25) is 0 Å². The number of ether oxygens (including phenoxy) is 2. The predicted molar refractivity (Wildman–Crippen MR) is 93.8 cm³/mol. The van der Waals surface area contributed by atoms with Crippen molar-refractivity contribution >= 4 is 45.6 Å². The molecule has 2 aromatic rings. The maximum Gasteiger partial charge on any atom is 0.417 e. The minimum absolute atomic E-state index is 0. The third-order valence-electron chi connectivity index (χ3n) is 2.58. The van der Waals surface area contributed by atoms with Crippen molar-refractivity contribution in [3.63, 3.8) is 0 Å². The summed E-state index contributed by atoms with van der Waals surface area (Å²) >= 11 is 1.01. The topological polar surface area (TPSA) is 77.5 Å². The molecule has 1 heterocycles. The normalized spacial score (nSPS) is 9.91. The summed E-state index contributed by atoms with van der Waals surface area (Å²) in [7, 11) is 0. The fourth-order valence-corrected chi connectivity index (χ4v) is 2.45. The van der Waals surface area contributed by atoms with E-state index < -0.39 is 12.1 Å². The maximum absolute atomic E-state index is 12.1. The molecule has 0 saturated carbocycles. The number of aryl methyl sites for hydroxylation is 1. The summed E-state index contributed by atoms with van der Waals surface area (Å²) in [5, 5.41) is 2.84. The lowest BCUT2D eigenvalue weighted by Gasteiger charge is -2.09. The van der Waals surface area contributed by atoms with Gasteiger partial charge in [0.1, 0.15) is 16.3 Å². The molecule has 6 nitrogen and oxygen atoms in total. The molecule has 0 saturated heterocycles. The van der Waals surface area contributed by atoms with Crippen LogP contribution in [0.4, 0.5) is 9.80 Å². The molecule has 23 heavy (non-hydrogen) atoms. The van der Waals surface area contributed by atoms with Crippen LogP contribution in [0, 0.1) is 6.92 Å². The first-order chi connectivity index (χ1) is 10.5. The van der Waals surface area contributed by atoms with Gasteiger partial charge in [-0.15, -0.1) is 17.0 Å². The SMILES string of the molecule is Br.Cc1nsc(NC(=O)Oc2ccccc2)c1C(=O)OC(C)C. The smallest absolute Gasteiger partial charge is 0.417 e. The zero-order valence-electron chi connectivity index (χ0n) is 12.9. The Balaban J connectivity index is 0.00000264. The van der Waals surface area contributed by atoms with Gasteiger partial charge in [-0.2, -0.15) is 4.37 Å². The number of hydrogen-bond acceptors (Lipinski definition) is 6. The van der Waals surface area contributed by atoms with Crippen LogP contribution >= 0.6 is 28.5 Å². The fourth-order valence-electron chi connectivity index (χ4n) is 1.68. The number of para-hydroxylation sites is 1. The lowest BCUT2D eigenvalue weighted by molar-refractivity contribution is 0.0378. The third-order valence-corrected chi connectivity index (χ3v) is 3.43. The molecule has 1 aromatic carbocycles. The Morgan fingerprint density at radius 1 is 1.22 bits per heavy atom. The van der Waals surface area contributed by atoms with Crippen molar-refractivity contribution in [1.82, 2.24) is 4.37 Å². The number of nitrogens with one attached hydrogen (secondary N) is 1. The van der Waals surface area contributed by atoms with Crippen molar-refractivity contribution in [2.75, 3.05) is 5.32 Å². The second kappa shape index (κ2) is 8.64. The average molecular weight is 401 g/mol. The van der Waals surface area contributed by atoms with Crippen LogP contribution in [0.5, 0.6) is 5.75 Å². The van der Waals surface area contributed by atoms with E-state index in [1.807, 2.05) is 6.07 Å². The van der Waals surface area contributed by atoms with Gasteiger partial charge in [-0.3, -0.25) is 5.32 Å². The van der Waals surface area contributed by atoms with Gasteiger partial charge in [0.15, 0.2) is 0 Å². The van der Waals surface area contributed by atoms with Gasteiger partial charge in [-0.1, -0.05) is 18.2 Å². The Labute approximate surface area is 148 Å². The summed E-state index contributed by atoms with van der Waals surface area (Å²) in [6, 6.07) is 8.64. The molecule has 0 spiro atoms. The lowest BCUT2D eigenvalue weighted by Crippen LogP contribution is -2.19. The number of carbonyl (C=O) groups excluding carboxylic acids is 2. The van der Waals surface area contributed by atoms with Crippen LogP contribution in [0.3, 0.4) is 0 Å². The Kier molecular flexibility index (Phi) is 7.18. The van der Waals surface area contributed by atoms with Crippen LogP contribution in [0.25, 0.3) is 0 Å². The highest BCUT2D eigenvalue weighted by Crippen LogP contribution is 2.26. The number of anilines is 1. The highest BCUT2D eigenvalue weighted by atomic mass is 79.9. The molecule has 0 aliphatic heterocycles. The van der Waals surface area contributed by atoms with Gasteiger partial charge in [0.05, 0.1) is 11.8 Å². The molecule has 0 radical (unpaired) electrons. The molecular formula is C15H17BrN2O4S. The molecule has 0 fully saturated rings. The molecular weight excluding hydrogens is 384 g/mol. The zero-order valence-corrected chi connectivity index (χ0v) is 15.4. The Morgan fingerprint density at radius 3 is 2.48 bits per heavy atom. The van der Waals surface area contributed by atoms with Gasteiger partial charge in [0.2, 0.25) is 0 Å². The Morgan fingerprint density at radius 2 is 1.87 bits per heavy atom. The molecule has 0 aliphatic carbocycles. The van der Waals surface area contributed by atoms with Gasteiger partial charge in [-0.25, -0.2) is 9.59 Å². The van der Waals surface area contributed by atoms with Crippen LogP contribution < -0.4 is 10.1 Å². The molecule has 0 atom stereocenters. The molecule has 2 rings (SSSR count). The van der Waals surface area contributed by atoms with E-state index in [9.17, 15) is 9.59 Å². The fraction of sp³-hybridized carbons (Fsp3) is 0.267. The standard InChI is InChI=1S/C15H16N2O4S.BrH/c1-9(2)20-14(18)12-10(3)17-22-13(12)16-15(19)21-11-7-5-4-6-8-11;/h4-9H,1-3H3,(H,16,19);1H. The first-order valence-corrected chi connectivity index (χ1v) is 7.46. The number of hydrogen-bond donors (Lipinski definition) is 1. The van der Waals surface area contributed by atoms with E-state index in [1.54, 1.807) is 45.0 Å². The van der Waals surface area contributed by atoms with E-state index in [-0.39, 0.29) is 28.6 Å². The van der Waals surface area contributed by atoms with E-state index in [0.29, 0.717) is 16.4 Å². The van der Waals surface area contributed by atoms with E-state index in [4.69, 9.17) is 9.47 Å². The van der Waals surface area contributed by atoms with Gasteiger partial charge < -0.3 is 9.47 Å². The summed E-state index contributed by atoms with van der Waals surface area (Å²) in [5.41, 5.74) is 0.759. The minimum Gasteiger partial charge on any atom is -0.459 e. The van der Waals surface area contributed by atoms with Crippen molar-refractivity contribution in [3.8, 4) is 5.75 Å². The molecule has 1 aromatic heterocycles. The van der Waals surface area contributed by atoms with Gasteiger partial charge in [-0.05, 0) is 44.4 Å². The molecule has 0 unspecified atom stereocenters. The number of halogens is 1. The van der Waals surface area contributed by atoms with Crippen LogP contribution in [0.15, 0.2) is 30.3 Å². The van der Waals surface area contributed by atoms with Crippen molar-refractivity contribution in [2.45, 2.75) is 26.9 Å². The van der Waals surface area contributed by atoms with E-state index >= 15 is 0 Å². The van der Waals surface area contributed by atoms with Crippen LogP contribution in [0.1, 0.15) is 29.9 Å². The zero-order chi connectivity index (χ0) is 16.1. The maximum atomic E-state index is 12.1. The van der Waals surface area contributed by atoms with Crippen LogP contribution in [-0.4, -0.2) is 22.5 Å². The summed E-state index contributed by atoms with van der Waals surface area (Å²) in [4.78, 5) is 23.9. The van der Waals surface area contributed by atoms with E-state index in [1.165, 1.54) is 0 Å². The van der Waals surface area contributed by atoms with Gasteiger partial charge >= 0.3 is 12.1 Å². The van der Waals surface area contributed by atoms with Gasteiger partial charge in [0.25, 0.3) is 0 Å². The number of benzene rings is 1. The molecule has 1 N–H and O–H groups in total. The summed E-state index contributed by atoms with van der Waals surface area (Å²) in [6.45, 7) is 5.19.